The Balaban J connectivity index is 1.82. The molecule has 0 bridgehead atoms. The van der Waals surface area contributed by atoms with Crippen LogP contribution in [-0.2, 0) is 0 Å². The van der Waals surface area contributed by atoms with Crippen LogP contribution in [0.4, 0.5) is 0 Å². The molecule has 1 saturated carbocycles. The van der Waals surface area contributed by atoms with E-state index in [1.165, 1.54) is 51.6 Å². The Morgan fingerprint density at radius 3 is 2.55 bits per heavy atom. The molecule has 1 heteroatoms. The molecule has 1 heterocycles. The molecule has 0 N–H and O–H groups in total. The normalized spacial score (nSPS) is 29.5. The zero-order valence-electron chi connectivity index (χ0n) is 7.26. The van der Waals surface area contributed by atoms with Crippen molar-refractivity contribution in [3.63, 3.8) is 0 Å². The number of rotatable bonds is 1. The van der Waals surface area contributed by atoms with Gasteiger partial charge in [-0.05, 0) is 45.2 Å². The van der Waals surface area contributed by atoms with Crippen LogP contribution in [-0.4, -0.2) is 24.0 Å². The van der Waals surface area contributed by atoms with Crippen molar-refractivity contribution in [3.8, 4) is 0 Å². The molecule has 1 aliphatic heterocycles. The van der Waals surface area contributed by atoms with E-state index in [1.54, 1.807) is 0 Å². The Bertz CT molecular complexity index is 110. The molecule has 0 aromatic carbocycles. The van der Waals surface area contributed by atoms with Gasteiger partial charge in [-0.2, -0.15) is 0 Å². The second kappa shape index (κ2) is 3.57. The fraction of sp³-hybridized carbons (Fsp3) is 0.900. The van der Waals surface area contributed by atoms with E-state index < -0.39 is 0 Å². The van der Waals surface area contributed by atoms with Gasteiger partial charge in [0.15, 0.2) is 0 Å². The minimum Gasteiger partial charge on any atom is -0.300 e. The maximum Gasteiger partial charge on any atom is 0.00979 e. The summed E-state index contributed by atoms with van der Waals surface area (Å²) in [6.07, 6.45) is 11.0. The minimum absolute atomic E-state index is 0.922. The Kier molecular flexibility index (Phi) is 2.47. The highest BCUT2D eigenvalue weighted by Crippen LogP contribution is 2.24. The lowest BCUT2D eigenvalue weighted by Crippen LogP contribution is -2.34. The van der Waals surface area contributed by atoms with Crippen molar-refractivity contribution in [2.24, 2.45) is 0 Å². The highest BCUT2D eigenvalue weighted by atomic mass is 15.2. The quantitative estimate of drug-likeness (QED) is 0.557. The van der Waals surface area contributed by atoms with Crippen LogP contribution in [0.1, 0.15) is 38.5 Å². The number of hydrogen-bond acceptors (Lipinski definition) is 1. The second-order valence-corrected chi connectivity index (χ2v) is 3.85. The Hall–Kier alpha value is -0.0400. The predicted octanol–water partition coefficient (Wildman–Crippen LogP) is 2.23. The van der Waals surface area contributed by atoms with Gasteiger partial charge in [-0.15, -0.1) is 0 Å². The van der Waals surface area contributed by atoms with E-state index in [2.05, 4.69) is 11.3 Å². The van der Waals surface area contributed by atoms with Crippen molar-refractivity contribution in [3.05, 3.63) is 6.42 Å². The van der Waals surface area contributed by atoms with Gasteiger partial charge in [0.05, 0.1) is 0 Å². The lowest BCUT2D eigenvalue weighted by atomic mass is 9.94. The molecule has 1 radical (unpaired) electrons. The molecule has 1 atom stereocenters. The van der Waals surface area contributed by atoms with Crippen molar-refractivity contribution >= 4 is 0 Å². The molecule has 2 fully saturated rings. The van der Waals surface area contributed by atoms with Gasteiger partial charge in [0.1, 0.15) is 0 Å². The average molecular weight is 152 g/mol. The highest BCUT2D eigenvalue weighted by molar-refractivity contribution is 4.85. The first-order chi connectivity index (χ1) is 5.47. The molecule has 11 heavy (non-hydrogen) atoms. The fourth-order valence-corrected chi connectivity index (χ4v) is 2.36. The van der Waals surface area contributed by atoms with E-state index in [0.717, 1.165) is 6.04 Å². The van der Waals surface area contributed by atoms with Gasteiger partial charge < -0.3 is 4.90 Å². The van der Waals surface area contributed by atoms with Gasteiger partial charge in [0, 0.05) is 6.04 Å². The fourth-order valence-electron chi connectivity index (χ4n) is 2.36. The Labute approximate surface area is 69.8 Å². The Morgan fingerprint density at radius 1 is 1.09 bits per heavy atom. The first-order valence-electron chi connectivity index (χ1n) is 5.02. The average Bonchev–Trinajstić information content (AvgIpc) is 2.58. The van der Waals surface area contributed by atoms with Crippen LogP contribution in [0, 0.1) is 6.42 Å². The molecule has 0 aromatic rings. The molecule has 1 aliphatic carbocycles. The van der Waals surface area contributed by atoms with E-state index in [4.69, 9.17) is 0 Å². The van der Waals surface area contributed by atoms with E-state index >= 15 is 0 Å². The van der Waals surface area contributed by atoms with Crippen molar-refractivity contribution in [1.82, 2.24) is 4.90 Å². The van der Waals surface area contributed by atoms with E-state index in [-0.39, 0.29) is 0 Å². The van der Waals surface area contributed by atoms with Gasteiger partial charge in [0.2, 0.25) is 0 Å². The summed E-state index contributed by atoms with van der Waals surface area (Å²) in [7, 11) is 0. The van der Waals surface area contributed by atoms with Crippen molar-refractivity contribution in [1.29, 1.82) is 0 Å². The molecule has 0 spiro atoms. The summed E-state index contributed by atoms with van der Waals surface area (Å²) in [4.78, 5) is 2.69. The highest BCUT2D eigenvalue weighted by Gasteiger charge is 2.22. The van der Waals surface area contributed by atoms with Gasteiger partial charge in [-0.3, -0.25) is 0 Å². The Morgan fingerprint density at radius 2 is 1.91 bits per heavy atom. The SMILES string of the molecule is [CH]1CCCC(N2CCCC2)C1. The van der Waals surface area contributed by atoms with Crippen LogP contribution in [0.15, 0.2) is 0 Å². The summed E-state index contributed by atoms with van der Waals surface area (Å²) in [5.41, 5.74) is 0. The lowest BCUT2D eigenvalue weighted by molar-refractivity contribution is 0.210. The number of nitrogens with zero attached hydrogens (tertiary/aromatic N) is 1. The van der Waals surface area contributed by atoms with Gasteiger partial charge in [-0.1, -0.05) is 12.8 Å². The standard InChI is InChI=1S/C10H18N/c1-2-6-10(7-3-1)11-8-4-5-9-11/h2,10H,1,3-9H2. The molecule has 63 valence electrons. The minimum atomic E-state index is 0.922. The molecular weight excluding hydrogens is 134 g/mol. The second-order valence-electron chi connectivity index (χ2n) is 3.85. The zero-order chi connectivity index (χ0) is 7.52. The maximum atomic E-state index is 2.69. The third kappa shape index (κ3) is 1.76. The number of likely N-dealkylation sites (tertiary alicyclic amines) is 1. The third-order valence-corrected chi connectivity index (χ3v) is 3.04. The van der Waals surface area contributed by atoms with Gasteiger partial charge in [0.25, 0.3) is 0 Å². The first kappa shape index (κ1) is 7.60. The van der Waals surface area contributed by atoms with E-state index in [0.29, 0.717) is 0 Å². The summed E-state index contributed by atoms with van der Waals surface area (Å²) >= 11 is 0. The smallest absolute Gasteiger partial charge is 0.00979 e. The summed E-state index contributed by atoms with van der Waals surface area (Å²) in [5, 5.41) is 0. The molecule has 1 nitrogen and oxygen atoms in total. The van der Waals surface area contributed by atoms with Crippen LogP contribution in [0.25, 0.3) is 0 Å². The van der Waals surface area contributed by atoms with Crippen molar-refractivity contribution in [2.45, 2.75) is 44.6 Å². The van der Waals surface area contributed by atoms with Crippen LogP contribution in [0.5, 0.6) is 0 Å². The molecule has 1 unspecified atom stereocenters. The third-order valence-electron chi connectivity index (χ3n) is 3.04. The van der Waals surface area contributed by atoms with Gasteiger partial charge >= 0.3 is 0 Å². The monoisotopic (exact) mass is 152 g/mol. The predicted molar refractivity (Wildman–Crippen MR) is 47.4 cm³/mol. The van der Waals surface area contributed by atoms with Crippen LogP contribution >= 0.6 is 0 Å². The summed E-state index contributed by atoms with van der Waals surface area (Å²) < 4.78 is 0. The van der Waals surface area contributed by atoms with Crippen molar-refractivity contribution < 1.29 is 0 Å². The molecule has 2 aliphatic rings. The molecule has 2 rings (SSSR count). The topological polar surface area (TPSA) is 3.24 Å². The summed E-state index contributed by atoms with van der Waals surface area (Å²) in [6, 6.07) is 0.922. The van der Waals surface area contributed by atoms with E-state index in [1.807, 2.05) is 0 Å². The molecule has 0 amide bonds. The van der Waals surface area contributed by atoms with Crippen LogP contribution in [0.3, 0.4) is 0 Å². The molecule has 1 saturated heterocycles. The zero-order valence-corrected chi connectivity index (χ0v) is 7.26. The van der Waals surface area contributed by atoms with Crippen LogP contribution < -0.4 is 0 Å². The number of hydrogen-bond donors (Lipinski definition) is 0. The van der Waals surface area contributed by atoms with E-state index in [9.17, 15) is 0 Å². The summed E-state index contributed by atoms with van der Waals surface area (Å²) in [5.74, 6) is 0. The largest absolute Gasteiger partial charge is 0.300 e. The van der Waals surface area contributed by atoms with Gasteiger partial charge in [-0.25, -0.2) is 0 Å². The van der Waals surface area contributed by atoms with Crippen LogP contribution in [0.2, 0.25) is 0 Å². The maximum absolute atomic E-state index is 2.69. The molecule has 0 aromatic heterocycles. The van der Waals surface area contributed by atoms with Crippen molar-refractivity contribution in [2.75, 3.05) is 13.1 Å². The molecular formula is C10H18N. The summed E-state index contributed by atoms with van der Waals surface area (Å²) in [6.45, 7) is 2.75. The first-order valence-corrected chi connectivity index (χ1v) is 5.02. The lowest BCUT2D eigenvalue weighted by Gasteiger charge is -2.30.